The molecule has 0 fully saturated rings. The zero-order valence-electron chi connectivity index (χ0n) is 10.5. The van der Waals surface area contributed by atoms with Crippen LogP contribution in [0.15, 0.2) is 0 Å². The SMILES string of the molecule is CSCCC(NC(CC(C)C)C(=O)O)C(=O)O. The van der Waals surface area contributed by atoms with Crippen molar-refractivity contribution in [1.82, 2.24) is 5.32 Å². The first-order valence-corrected chi connectivity index (χ1v) is 6.98. The number of carboxylic acids is 2. The number of hydrogen-bond donors (Lipinski definition) is 3. The molecule has 3 N–H and O–H groups in total. The maximum Gasteiger partial charge on any atom is 0.320 e. The molecule has 100 valence electrons. The Morgan fingerprint density at radius 3 is 2.06 bits per heavy atom. The average molecular weight is 263 g/mol. The van der Waals surface area contributed by atoms with Gasteiger partial charge in [-0.1, -0.05) is 13.8 Å². The van der Waals surface area contributed by atoms with Gasteiger partial charge in [0.25, 0.3) is 0 Å². The summed E-state index contributed by atoms with van der Waals surface area (Å²) in [5.41, 5.74) is 0. The predicted molar refractivity (Wildman–Crippen MR) is 68.4 cm³/mol. The van der Waals surface area contributed by atoms with Crippen molar-refractivity contribution in [2.75, 3.05) is 12.0 Å². The number of rotatable bonds is 9. The van der Waals surface area contributed by atoms with Gasteiger partial charge in [-0.15, -0.1) is 0 Å². The maximum absolute atomic E-state index is 11.0. The summed E-state index contributed by atoms with van der Waals surface area (Å²) in [6.07, 6.45) is 2.75. The largest absolute Gasteiger partial charge is 0.480 e. The summed E-state index contributed by atoms with van der Waals surface area (Å²) in [5, 5.41) is 20.7. The van der Waals surface area contributed by atoms with Crippen molar-refractivity contribution in [1.29, 1.82) is 0 Å². The van der Waals surface area contributed by atoms with Crippen LogP contribution < -0.4 is 5.32 Å². The van der Waals surface area contributed by atoms with Gasteiger partial charge in [-0.3, -0.25) is 14.9 Å². The first kappa shape index (κ1) is 16.2. The molecule has 2 atom stereocenters. The van der Waals surface area contributed by atoms with Crippen molar-refractivity contribution < 1.29 is 19.8 Å². The van der Waals surface area contributed by atoms with Gasteiger partial charge in [-0.2, -0.15) is 11.8 Å². The second-order valence-corrected chi connectivity index (χ2v) is 5.34. The maximum atomic E-state index is 11.0. The van der Waals surface area contributed by atoms with Gasteiger partial charge in [0.05, 0.1) is 0 Å². The lowest BCUT2D eigenvalue weighted by molar-refractivity contribution is -0.142. The topological polar surface area (TPSA) is 86.6 Å². The summed E-state index contributed by atoms with van der Waals surface area (Å²) in [7, 11) is 0. The molecular weight excluding hydrogens is 242 g/mol. The Hall–Kier alpha value is -0.750. The van der Waals surface area contributed by atoms with E-state index in [0.29, 0.717) is 18.6 Å². The highest BCUT2D eigenvalue weighted by Gasteiger charge is 2.25. The third-order valence-corrected chi connectivity index (χ3v) is 2.96. The van der Waals surface area contributed by atoms with Crippen LogP contribution in [0, 0.1) is 5.92 Å². The molecular formula is C11H21NO4S. The Kier molecular flexibility index (Phi) is 7.99. The molecule has 0 saturated carbocycles. The summed E-state index contributed by atoms with van der Waals surface area (Å²) in [6, 6.07) is -1.58. The molecule has 0 heterocycles. The number of carboxylic acid groups (broad SMARTS) is 2. The van der Waals surface area contributed by atoms with Crippen LogP contribution in [0.5, 0.6) is 0 Å². The second kappa shape index (κ2) is 8.36. The van der Waals surface area contributed by atoms with Crippen molar-refractivity contribution in [2.24, 2.45) is 5.92 Å². The molecule has 2 unspecified atom stereocenters. The van der Waals surface area contributed by atoms with Crippen LogP contribution in [0.4, 0.5) is 0 Å². The van der Waals surface area contributed by atoms with Crippen molar-refractivity contribution >= 4 is 23.7 Å². The van der Waals surface area contributed by atoms with E-state index in [-0.39, 0.29) is 5.92 Å². The summed E-state index contributed by atoms with van der Waals surface area (Å²) >= 11 is 1.55. The zero-order valence-corrected chi connectivity index (χ0v) is 11.3. The van der Waals surface area contributed by atoms with E-state index >= 15 is 0 Å². The van der Waals surface area contributed by atoms with Crippen LogP contribution in [0.2, 0.25) is 0 Å². The first-order chi connectivity index (χ1) is 7.88. The molecule has 6 heteroatoms. The van der Waals surface area contributed by atoms with E-state index in [1.807, 2.05) is 20.1 Å². The molecule has 0 bridgehead atoms. The Labute approximate surface area is 106 Å². The molecule has 0 aromatic heterocycles. The Balaban J connectivity index is 4.45. The van der Waals surface area contributed by atoms with Gasteiger partial charge in [0.1, 0.15) is 12.1 Å². The van der Waals surface area contributed by atoms with Crippen LogP contribution in [0.25, 0.3) is 0 Å². The molecule has 5 nitrogen and oxygen atoms in total. The van der Waals surface area contributed by atoms with Gasteiger partial charge >= 0.3 is 11.9 Å². The quantitative estimate of drug-likeness (QED) is 0.581. The lowest BCUT2D eigenvalue weighted by atomic mass is 10.0. The van der Waals surface area contributed by atoms with Gasteiger partial charge in [-0.25, -0.2) is 0 Å². The van der Waals surface area contributed by atoms with E-state index in [9.17, 15) is 9.59 Å². The number of hydrogen-bond acceptors (Lipinski definition) is 4. The van der Waals surface area contributed by atoms with Crippen LogP contribution >= 0.6 is 11.8 Å². The van der Waals surface area contributed by atoms with Crippen LogP contribution in [0.1, 0.15) is 26.7 Å². The van der Waals surface area contributed by atoms with E-state index in [0.717, 1.165) is 0 Å². The minimum atomic E-state index is -0.992. The third kappa shape index (κ3) is 7.23. The summed E-state index contributed by atoms with van der Waals surface area (Å²) < 4.78 is 0. The van der Waals surface area contributed by atoms with Crippen LogP contribution in [-0.2, 0) is 9.59 Å². The highest BCUT2D eigenvalue weighted by molar-refractivity contribution is 7.98. The monoisotopic (exact) mass is 263 g/mol. The molecule has 0 aromatic carbocycles. The van der Waals surface area contributed by atoms with Crippen LogP contribution in [-0.4, -0.2) is 46.2 Å². The molecule has 0 aromatic rings. The van der Waals surface area contributed by atoms with Gasteiger partial charge < -0.3 is 10.2 Å². The second-order valence-electron chi connectivity index (χ2n) is 4.36. The highest BCUT2D eigenvalue weighted by Crippen LogP contribution is 2.08. The highest BCUT2D eigenvalue weighted by atomic mass is 32.2. The lowest BCUT2D eigenvalue weighted by Gasteiger charge is -2.21. The number of carbonyl (C=O) groups is 2. The van der Waals surface area contributed by atoms with Crippen molar-refractivity contribution in [3.63, 3.8) is 0 Å². The molecule has 0 saturated heterocycles. The fourth-order valence-electron chi connectivity index (χ4n) is 1.47. The predicted octanol–water partition coefficient (Wildman–Crippen LogP) is 1.28. The minimum absolute atomic E-state index is 0.207. The van der Waals surface area contributed by atoms with Gasteiger partial charge in [-0.05, 0) is 30.8 Å². The third-order valence-electron chi connectivity index (χ3n) is 2.32. The molecule has 0 aliphatic carbocycles. The molecule has 0 aliphatic rings. The Bertz CT molecular complexity index is 258. The normalized spacial score (nSPS) is 14.6. The van der Waals surface area contributed by atoms with E-state index in [4.69, 9.17) is 10.2 Å². The van der Waals surface area contributed by atoms with Gasteiger partial charge in [0.2, 0.25) is 0 Å². The van der Waals surface area contributed by atoms with Gasteiger partial charge in [0.15, 0.2) is 0 Å². The molecule has 17 heavy (non-hydrogen) atoms. The van der Waals surface area contributed by atoms with E-state index < -0.39 is 24.0 Å². The van der Waals surface area contributed by atoms with Crippen molar-refractivity contribution in [3.8, 4) is 0 Å². The first-order valence-electron chi connectivity index (χ1n) is 5.59. The minimum Gasteiger partial charge on any atom is -0.480 e. The fourth-order valence-corrected chi connectivity index (χ4v) is 1.94. The van der Waals surface area contributed by atoms with E-state index in [1.54, 1.807) is 11.8 Å². The van der Waals surface area contributed by atoms with Crippen molar-refractivity contribution in [2.45, 2.75) is 38.8 Å². The fraction of sp³-hybridized carbons (Fsp3) is 0.818. The smallest absolute Gasteiger partial charge is 0.320 e. The summed E-state index contributed by atoms with van der Waals surface area (Å²) in [6.45, 7) is 3.82. The Morgan fingerprint density at radius 1 is 1.18 bits per heavy atom. The molecule has 0 radical (unpaired) electrons. The average Bonchev–Trinajstić information content (AvgIpc) is 2.21. The van der Waals surface area contributed by atoms with E-state index in [1.165, 1.54) is 0 Å². The standard InChI is InChI=1S/C11H21NO4S/c1-7(2)6-9(11(15)16)12-8(10(13)14)4-5-17-3/h7-9,12H,4-6H2,1-3H3,(H,13,14)(H,15,16). The summed E-state index contributed by atoms with van der Waals surface area (Å²) in [5.74, 6) is -1.08. The zero-order chi connectivity index (χ0) is 13.4. The number of aliphatic carboxylic acids is 2. The Morgan fingerprint density at radius 2 is 1.71 bits per heavy atom. The summed E-state index contributed by atoms with van der Waals surface area (Å²) in [4.78, 5) is 22.0. The molecule has 0 aliphatic heterocycles. The number of thioether (sulfide) groups is 1. The van der Waals surface area contributed by atoms with E-state index in [2.05, 4.69) is 5.32 Å². The lowest BCUT2D eigenvalue weighted by Crippen LogP contribution is -2.48. The molecule has 0 rings (SSSR count). The molecule has 0 spiro atoms. The van der Waals surface area contributed by atoms with Crippen LogP contribution in [0.3, 0.4) is 0 Å². The molecule has 0 amide bonds. The van der Waals surface area contributed by atoms with Gasteiger partial charge in [0, 0.05) is 0 Å². The number of nitrogens with one attached hydrogen (secondary N) is 1. The van der Waals surface area contributed by atoms with Crippen molar-refractivity contribution in [3.05, 3.63) is 0 Å².